The van der Waals surface area contributed by atoms with Gasteiger partial charge in [0.15, 0.2) is 5.78 Å². The van der Waals surface area contributed by atoms with E-state index < -0.39 is 34.3 Å². The van der Waals surface area contributed by atoms with Crippen LogP contribution >= 0.6 is 35.6 Å². The zero-order valence-corrected chi connectivity index (χ0v) is 23.8. The van der Waals surface area contributed by atoms with Gasteiger partial charge in [-0.2, -0.15) is 0 Å². The molecule has 0 radical (unpaired) electrons. The Morgan fingerprint density at radius 1 is 1.11 bits per heavy atom. The van der Waals surface area contributed by atoms with Crippen LogP contribution in [0.2, 0.25) is 10.0 Å². The highest BCUT2D eigenvalue weighted by Crippen LogP contribution is 2.31. The van der Waals surface area contributed by atoms with Crippen LogP contribution in [0.5, 0.6) is 5.75 Å². The average Bonchev–Trinajstić information content (AvgIpc) is 3.03. The van der Waals surface area contributed by atoms with Crippen LogP contribution in [0.3, 0.4) is 0 Å². The van der Waals surface area contributed by atoms with Gasteiger partial charge in [-0.25, -0.2) is 12.7 Å². The van der Waals surface area contributed by atoms with Crippen molar-refractivity contribution in [3.63, 3.8) is 0 Å². The molecule has 2 aliphatic heterocycles. The molecule has 38 heavy (non-hydrogen) atoms. The lowest BCUT2D eigenvalue weighted by Gasteiger charge is -2.28. The Balaban J connectivity index is 0.00000400. The summed E-state index contributed by atoms with van der Waals surface area (Å²) >= 11 is 12.4. The minimum absolute atomic E-state index is 0. The number of piperazine rings is 1. The number of carbonyl (C=O) groups excluding carboxylic acids is 3. The van der Waals surface area contributed by atoms with E-state index in [0.717, 1.165) is 0 Å². The van der Waals surface area contributed by atoms with E-state index >= 15 is 0 Å². The first-order chi connectivity index (χ1) is 17.6. The molecule has 2 aromatic rings. The molecule has 2 amide bonds. The molecular formula is C25H28Cl3N3O6S. The second-order valence-corrected chi connectivity index (χ2v) is 11.7. The molecule has 0 spiro atoms. The van der Waals surface area contributed by atoms with Crippen LogP contribution in [0.1, 0.15) is 28.8 Å². The molecule has 2 fully saturated rings. The van der Waals surface area contributed by atoms with Crippen molar-refractivity contribution in [3.8, 4) is 5.75 Å². The van der Waals surface area contributed by atoms with Gasteiger partial charge < -0.3 is 15.0 Å². The smallest absolute Gasteiger partial charge is 0.266 e. The zero-order valence-electron chi connectivity index (χ0n) is 20.6. The summed E-state index contributed by atoms with van der Waals surface area (Å²) in [5, 5.41) is 3.69. The molecule has 0 aromatic heterocycles. The number of amides is 2. The van der Waals surface area contributed by atoms with Gasteiger partial charge in [0.2, 0.25) is 5.91 Å². The molecule has 0 aliphatic carbocycles. The normalized spacial score (nSPS) is 18.6. The highest BCUT2D eigenvalue weighted by molar-refractivity contribution is 7.89. The lowest BCUT2D eigenvalue weighted by Crippen LogP contribution is -2.46. The molecule has 0 saturated carbocycles. The van der Waals surface area contributed by atoms with E-state index in [1.807, 2.05) is 0 Å². The third-order valence-corrected chi connectivity index (χ3v) is 8.86. The average molecular weight is 605 g/mol. The Morgan fingerprint density at radius 3 is 2.50 bits per heavy atom. The van der Waals surface area contributed by atoms with Gasteiger partial charge in [-0.15, -0.1) is 12.4 Å². The third kappa shape index (κ3) is 6.43. The molecule has 2 aromatic carbocycles. The molecule has 1 atom stereocenters. The van der Waals surface area contributed by atoms with E-state index in [1.54, 1.807) is 23.1 Å². The zero-order chi connectivity index (χ0) is 26.7. The molecule has 4 rings (SSSR count). The number of nitrogens with one attached hydrogen (secondary N) is 1. The van der Waals surface area contributed by atoms with Gasteiger partial charge in [0, 0.05) is 43.5 Å². The maximum Gasteiger partial charge on any atom is 0.266 e. The Bertz CT molecular complexity index is 1330. The summed E-state index contributed by atoms with van der Waals surface area (Å²) in [5.74, 6) is -1.74. The van der Waals surface area contributed by atoms with Crippen molar-refractivity contribution in [2.75, 3.05) is 39.8 Å². The van der Waals surface area contributed by atoms with Crippen LogP contribution in [0, 0.1) is 5.92 Å². The van der Waals surface area contributed by atoms with E-state index in [0.29, 0.717) is 46.8 Å². The summed E-state index contributed by atoms with van der Waals surface area (Å²) in [5.41, 5.74) is 0.661. The van der Waals surface area contributed by atoms with Crippen molar-refractivity contribution >= 4 is 63.2 Å². The molecule has 13 heteroatoms. The summed E-state index contributed by atoms with van der Waals surface area (Å²) in [6.07, 6.45) is 0.389. The van der Waals surface area contributed by atoms with Gasteiger partial charge in [-0.3, -0.25) is 14.4 Å². The predicted octanol–water partition coefficient (Wildman–Crippen LogP) is 3.21. The molecule has 1 unspecified atom stereocenters. The Morgan fingerprint density at radius 2 is 1.82 bits per heavy atom. The van der Waals surface area contributed by atoms with Crippen molar-refractivity contribution in [1.82, 2.24) is 14.5 Å². The number of nitrogens with zero attached hydrogens (tertiary/aromatic N) is 2. The molecule has 2 heterocycles. The molecule has 206 valence electrons. The van der Waals surface area contributed by atoms with Gasteiger partial charge in [0.1, 0.15) is 5.75 Å². The number of benzene rings is 2. The molecule has 9 nitrogen and oxygen atoms in total. The largest absolute Gasteiger partial charge is 0.496 e. The van der Waals surface area contributed by atoms with Gasteiger partial charge in [0.05, 0.1) is 29.1 Å². The van der Waals surface area contributed by atoms with E-state index in [4.69, 9.17) is 27.9 Å². The number of methoxy groups -OCH3 is 1. The van der Waals surface area contributed by atoms with Gasteiger partial charge in [0.25, 0.3) is 15.9 Å². The number of rotatable bonds is 6. The number of hydrogen-bond acceptors (Lipinski definition) is 7. The van der Waals surface area contributed by atoms with Crippen LogP contribution in [-0.4, -0.2) is 75.1 Å². The van der Waals surface area contributed by atoms with Crippen LogP contribution in [0.25, 0.3) is 0 Å². The van der Waals surface area contributed by atoms with Crippen LogP contribution in [0.15, 0.2) is 41.3 Å². The minimum atomic E-state index is -4.46. The summed E-state index contributed by atoms with van der Waals surface area (Å²) in [6, 6.07) is 8.72. The highest BCUT2D eigenvalue weighted by Gasteiger charge is 2.39. The van der Waals surface area contributed by atoms with E-state index in [9.17, 15) is 22.8 Å². The summed E-state index contributed by atoms with van der Waals surface area (Å²) in [7, 11) is -2.97. The summed E-state index contributed by atoms with van der Waals surface area (Å²) in [4.78, 5) is 40.4. The van der Waals surface area contributed by atoms with Gasteiger partial charge in [-0.05, 0) is 54.8 Å². The lowest BCUT2D eigenvalue weighted by atomic mass is 9.93. The first kappa shape index (κ1) is 30.2. The number of carbonyl (C=O) groups is 3. The van der Waals surface area contributed by atoms with E-state index in [1.165, 1.54) is 25.3 Å². The maximum absolute atomic E-state index is 13.7. The fraction of sp³-hybridized carbons (Fsp3) is 0.400. The van der Waals surface area contributed by atoms with Crippen LogP contribution in [0.4, 0.5) is 0 Å². The standard InChI is InChI=1S/C25H27Cl2N3O6S.ClH/c1-36-23-7-3-18(26)13-17(23)12-16-2-4-19(31)15-30(24(16)32)37(34,35)20-5-6-22(27)21(14-20)25(33)29-10-8-28-9-11-29;/h3,5-7,13-14,16,28H,2,4,8-12,15H2,1H3;1H. The van der Waals surface area contributed by atoms with E-state index in [-0.39, 0.29) is 52.9 Å². The van der Waals surface area contributed by atoms with Crippen molar-refractivity contribution in [3.05, 3.63) is 57.6 Å². The number of Topliss-reactive ketones (excluding diaryl/α,β-unsaturated/α-hetero) is 1. The Hall–Kier alpha value is -2.37. The molecule has 2 aliphatic rings. The summed E-state index contributed by atoms with van der Waals surface area (Å²) in [6.45, 7) is 1.57. The summed E-state index contributed by atoms with van der Waals surface area (Å²) < 4.78 is 33.3. The van der Waals surface area contributed by atoms with E-state index in [2.05, 4.69) is 5.32 Å². The maximum atomic E-state index is 13.7. The number of hydrogen-bond donors (Lipinski definition) is 1. The third-order valence-electron chi connectivity index (χ3n) is 6.56. The first-order valence-corrected chi connectivity index (χ1v) is 14.0. The molecule has 2 saturated heterocycles. The van der Waals surface area contributed by atoms with Gasteiger partial charge >= 0.3 is 0 Å². The number of halogens is 3. The van der Waals surface area contributed by atoms with Crippen molar-refractivity contribution < 1.29 is 27.5 Å². The highest BCUT2D eigenvalue weighted by atomic mass is 35.5. The fourth-order valence-electron chi connectivity index (χ4n) is 4.54. The molecule has 0 bridgehead atoms. The number of ether oxygens (including phenoxy) is 1. The first-order valence-electron chi connectivity index (χ1n) is 11.8. The topological polar surface area (TPSA) is 113 Å². The Kier molecular flexibility index (Phi) is 10.0. The predicted molar refractivity (Wildman–Crippen MR) is 146 cm³/mol. The Labute approximate surface area is 237 Å². The van der Waals surface area contributed by atoms with Crippen molar-refractivity contribution in [2.24, 2.45) is 5.92 Å². The minimum Gasteiger partial charge on any atom is -0.496 e. The number of ketones is 1. The van der Waals surface area contributed by atoms with Gasteiger partial charge in [-0.1, -0.05) is 23.2 Å². The monoisotopic (exact) mass is 603 g/mol. The SMILES string of the molecule is COc1ccc(Cl)cc1CC1CCC(=O)CN(S(=O)(=O)c2ccc(Cl)c(C(=O)N3CCNCC3)c2)C1=O.Cl. The van der Waals surface area contributed by atoms with Crippen molar-refractivity contribution in [1.29, 1.82) is 0 Å². The lowest BCUT2D eigenvalue weighted by molar-refractivity contribution is -0.131. The molecule has 1 N–H and O–H groups in total. The quantitative estimate of drug-likeness (QED) is 0.539. The van der Waals surface area contributed by atoms with Crippen LogP contribution in [-0.2, 0) is 26.0 Å². The second kappa shape index (κ2) is 12.7. The molecular weight excluding hydrogens is 577 g/mol. The number of sulfonamides is 1. The second-order valence-electron chi connectivity index (χ2n) is 8.97. The fourth-order valence-corrected chi connectivity index (χ4v) is 6.39. The van der Waals surface area contributed by atoms with Crippen LogP contribution < -0.4 is 10.1 Å². The van der Waals surface area contributed by atoms with Crippen molar-refractivity contribution in [2.45, 2.75) is 24.2 Å².